The lowest BCUT2D eigenvalue weighted by Crippen LogP contribution is -2.39. The van der Waals surface area contributed by atoms with Crippen LogP contribution in [0.25, 0.3) is 0 Å². The van der Waals surface area contributed by atoms with Crippen molar-refractivity contribution in [3.63, 3.8) is 0 Å². The summed E-state index contributed by atoms with van der Waals surface area (Å²) in [6.45, 7) is 8.21. The zero-order valence-corrected chi connectivity index (χ0v) is 11.7. The van der Waals surface area contributed by atoms with Gasteiger partial charge in [-0.1, -0.05) is 24.4 Å². The fourth-order valence-electron chi connectivity index (χ4n) is 2.40. The molecule has 2 nitrogen and oxygen atoms in total. The first-order chi connectivity index (χ1) is 6.82. The average Bonchev–Trinajstić information content (AvgIpc) is 2.31. The molecule has 0 amide bonds. The van der Waals surface area contributed by atoms with Crippen LogP contribution in [0.15, 0.2) is 12.2 Å². The molecule has 0 unspecified atom stereocenters. The SMILES string of the molecule is C=C(C)[C@@H]1CC[C@]2(C)S[P@](=O)(S)O[C@H]2C1. The Morgan fingerprint density at radius 2 is 2.40 bits per heavy atom. The third-order valence-electron chi connectivity index (χ3n) is 3.45. The van der Waals surface area contributed by atoms with E-state index in [-0.39, 0.29) is 10.9 Å². The summed E-state index contributed by atoms with van der Waals surface area (Å²) >= 11 is 5.55. The lowest BCUT2D eigenvalue weighted by Gasteiger charge is -2.37. The van der Waals surface area contributed by atoms with Crippen LogP contribution in [-0.4, -0.2) is 10.9 Å². The number of hydrogen-bond acceptors (Lipinski definition) is 3. The Balaban J connectivity index is 2.16. The minimum absolute atomic E-state index is 0.00320. The molecule has 2 fully saturated rings. The van der Waals surface area contributed by atoms with Crippen LogP contribution in [0.2, 0.25) is 0 Å². The Kier molecular flexibility index (Phi) is 3.09. The minimum Gasteiger partial charge on any atom is -0.309 e. The van der Waals surface area contributed by atoms with E-state index in [1.54, 1.807) is 0 Å². The lowest BCUT2D eigenvalue weighted by atomic mass is 9.77. The minimum atomic E-state index is -2.69. The zero-order valence-electron chi connectivity index (χ0n) is 9.10. The number of rotatable bonds is 1. The molecule has 0 radical (unpaired) electrons. The van der Waals surface area contributed by atoms with Gasteiger partial charge in [0, 0.05) is 4.75 Å². The van der Waals surface area contributed by atoms with E-state index in [0.29, 0.717) is 5.92 Å². The molecule has 1 heterocycles. The van der Waals surface area contributed by atoms with Gasteiger partial charge in [0.15, 0.2) is 0 Å². The molecule has 0 aromatic carbocycles. The van der Waals surface area contributed by atoms with E-state index in [0.717, 1.165) is 19.3 Å². The first kappa shape index (κ1) is 12.1. The summed E-state index contributed by atoms with van der Waals surface area (Å²) in [5, 5.41) is 0. The normalized spacial score (nSPS) is 50.1. The zero-order chi connectivity index (χ0) is 11.3. The molecule has 1 aliphatic carbocycles. The maximum atomic E-state index is 11.8. The van der Waals surface area contributed by atoms with E-state index in [2.05, 4.69) is 32.7 Å². The Morgan fingerprint density at radius 1 is 1.73 bits per heavy atom. The highest BCUT2D eigenvalue weighted by Gasteiger charge is 2.53. The van der Waals surface area contributed by atoms with Crippen LogP contribution >= 0.6 is 29.4 Å². The molecule has 0 bridgehead atoms. The predicted molar refractivity (Wildman–Crippen MR) is 69.6 cm³/mol. The lowest BCUT2D eigenvalue weighted by molar-refractivity contribution is 0.123. The van der Waals surface area contributed by atoms with Gasteiger partial charge in [-0.2, -0.15) is 0 Å². The Bertz CT molecular complexity index is 344. The van der Waals surface area contributed by atoms with Gasteiger partial charge < -0.3 is 4.52 Å². The van der Waals surface area contributed by atoms with Gasteiger partial charge in [-0.3, -0.25) is 4.57 Å². The predicted octanol–water partition coefficient (Wildman–Crippen LogP) is 4.29. The van der Waals surface area contributed by atoms with Crippen LogP contribution in [0.4, 0.5) is 0 Å². The Labute approximate surface area is 101 Å². The average molecular weight is 264 g/mol. The summed E-state index contributed by atoms with van der Waals surface area (Å²) in [6.07, 6.45) is 3.21. The van der Waals surface area contributed by atoms with Crippen molar-refractivity contribution in [2.45, 2.75) is 44.0 Å². The highest BCUT2D eigenvalue weighted by atomic mass is 33.1. The molecule has 1 aliphatic heterocycles. The monoisotopic (exact) mass is 264 g/mol. The molecule has 15 heavy (non-hydrogen) atoms. The second kappa shape index (κ2) is 3.83. The topological polar surface area (TPSA) is 26.3 Å². The Morgan fingerprint density at radius 3 is 3.00 bits per heavy atom. The van der Waals surface area contributed by atoms with Crippen molar-refractivity contribution in [3.8, 4) is 0 Å². The molecule has 1 saturated heterocycles. The van der Waals surface area contributed by atoms with Gasteiger partial charge in [0.05, 0.1) is 6.10 Å². The fraction of sp³-hybridized carbons (Fsp3) is 0.800. The van der Waals surface area contributed by atoms with Gasteiger partial charge in [-0.05, 0) is 50.4 Å². The van der Waals surface area contributed by atoms with E-state index >= 15 is 0 Å². The maximum Gasteiger partial charge on any atom is 0.311 e. The van der Waals surface area contributed by atoms with E-state index in [1.165, 1.54) is 17.0 Å². The summed E-state index contributed by atoms with van der Waals surface area (Å²) in [5.74, 6) is -2.17. The van der Waals surface area contributed by atoms with Gasteiger partial charge in [0.2, 0.25) is 0 Å². The number of fused-ring (bicyclic) bond motifs is 1. The number of thiol groups is 1. The van der Waals surface area contributed by atoms with Crippen molar-refractivity contribution in [1.29, 1.82) is 0 Å². The van der Waals surface area contributed by atoms with Gasteiger partial charge >= 0.3 is 5.77 Å². The van der Waals surface area contributed by atoms with Gasteiger partial charge in [-0.15, -0.1) is 0 Å². The summed E-state index contributed by atoms with van der Waals surface area (Å²) in [7, 11) is 0. The second-order valence-electron chi connectivity index (χ2n) is 4.78. The molecule has 2 rings (SSSR count). The molecule has 86 valence electrons. The number of hydrogen-bond donors (Lipinski definition) is 1. The summed E-state index contributed by atoms with van der Waals surface area (Å²) in [4.78, 5) is 0. The van der Waals surface area contributed by atoms with Crippen LogP contribution in [0, 0.1) is 5.92 Å². The van der Waals surface area contributed by atoms with E-state index in [4.69, 9.17) is 4.52 Å². The molecule has 0 aromatic heterocycles. The molecular weight excluding hydrogens is 247 g/mol. The molecule has 1 saturated carbocycles. The largest absolute Gasteiger partial charge is 0.311 e. The van der Waals surface area contributed by atoms with Crippen LogP contribution in [-0.2, 0) is 9.09 Å². The molecule has 0 spiro atoms. The smallest absolute Gasteiger partial charge is 0.309 e. The van der Waals surface area contributed by atoms with Gasteiger partial charge in [-0.25, -0.2) is 0 Å². The second-order valence-corrected chi connectivity index (χ2v) is 11.4. The summed E-state index contributed by atoms with van der Waals surface area (Å²) in [6, 6.07) is 0. The molecule has 0 N–H and O–H groups in total. The van der Waals surface area contributed by atoms with Crippen molar-refractivity contribution in [1.82, 2.24) is 0 Å². The van der Waals surface area contributed by atoms with Crippen molar-refractivity contribution in [3.05, 3.63) is 12.2 Å². The van der Waals surface area contributed by atoms with Crippen LogP contribution in [0.1, 0.15) is 33.1 Å². The summed E-state index contributed by atoms with van der Waals surface area (Å²) in [5.41, 5.74) is 1.21. The third-order valence-corrected chi connectivity index (χ3v) is 8.31. The quantitative estimate of drug-likeness (QED) is 0.434. The molecule has 0 aromatic rings. The van der Waals surface area contributed by atoms with Crippen LogP contribution < -0.4 is 0 Å². The molecule has 2 aliphatic rings. The maximum absolute atomic E-state index is 11.8. The van der Waals surface area contributed by atoms with Crippen molar-refractivity contribution in [2.24, 2.45) is 5.92 Å². The summed E-state index contributed by atoms with van der Waals surface area (Å²) < 4.78 is 17.4. The van der Waals surface area contributed by atoms with Gasteiger partial charge in [0.1, 0.15) is 0 Å². The van der Waals surface area contributed by atoms with Crippen LogP contribution in [0.5, 0.6) is 0 Å². The van der Waals surface area contributed by atoms with E-state index < -0.39 is 5.77 Å². The highest BCUT2D eigenvalue weighted by molar-refractivity contribution is 8.85. The van der Waals surface area contributed by atoms with E-state index in [1.807, 2.05) is 0 Å². The molecule has 4 atom stereocenters. The van der Waals surface area contributed by atoms with E-state index in [9.17, 15) is 4.57 Å². The first-order valence-electron chi connectivity index (χ1n) is 5.20. The third kappa shape index (κ3) is 2.33. The first-order valence-corrected chi connectivity index (χ1v) is 9.40. The Hall–Kier alpha value is 0.630. The number of allylic oxidation sites excluding steroid dienone is 1. The van der Waals surface area contributed by atoms with Crippen molar-refractivity contribution >= 4 is 29.4 Å². The highest BCUT2D eigenvalue weighted by Crippen LogP contribution is 2.77. The standard InChI is InChI=1S/C10H17O2PS2/c1-7(2)8-4-5-10(3)9(6-8)12-13(11,14)15-10/h8-9H,1,4-6H2,2-3H3,(H,11,14)/t8-,9+,10+,13+/m1/s1. The molecular formula is C10H17O2PS2. The van der Waals surface area contributed by atoms with Crippen molar-refractivity contribution in [2.75, 3.05) is 0 Å². The van der Waals surface area contributed by atoms with Gasteiger partial charge in [0.25, 0.3) is 0 Å². The van der Waals surface area contributed by atoms with Crippen LogP contribution in [0.3, 0.4) is 0 Å². The van der Waals surface area contributed by atoms with Crippen molar-refractivity contribution < 1.29 is 9.09 Å². The fourth-order valence-corrected chi connectivity index (χ4v) is 8.82. The molecule has 5 heteroatoms.